The summed E-state index contributed by atoms with van der Waals surface area (Å²) >= 11 is 0. The van der Waals surface area contributed by atoms with Crippen molar-refractivity contribution in [1.29, 1.82) is 0 Å². The fourth-order valence-corrected chi connectivity index (χ4v) is 2.34. The van der Waals surface area contributed by atoms with Crippen molar-refractivity contribution in [1.82, 2.24) is 4.90 Å². The molecule has 0 bridgehead atoms. The van der Waals surface area contributed by atoms with Gasteiger partial charge in [0.1, 0.15) is 0 Å². The molecule has 0 aliphatic carbocycles. The summed E-state index contributed by atoms with van der Waals surface area (Å²) in [5, 5.41) is 0. The zero-order valence-corrected chi connectivity index (χ0v) is 11.6. The van der Waals surface area contributed by atoms with Crippen LogP contribution in [0.3, 0.4) is 0 Å². The van der Waals surface area contributed by atoms with Crippen LogP contribution in [0.2, 0.25) is 0 Å². The monoisotopic (exact) mass is 263 g/mol. The standard InChI is InChI=1S/C14H21N3O2/c1-3-19-14(18)17-6-4-16(5-7-17)13-9-11(2)8-12(15)10-13/h8-10H,3-7,15H2,1-2H3. The van der Waals surface area contributed by atoms with Gasteiger partial charge < -0.3 is 20.3 Å². The predicted octanol–water partition coefficient (Wildman–Crippen LogP) is 1.86. The number of aryl methyl sites for hydroxylation is 1. The Morgan fingerprint density at radius 1 is 1.26 bits per heavy atom. The number of nitrogens with zero attached hydrogens (tertiary/aromatic N) is 2. The van der Waals surface area contributed by atoms with E-state index in [1.807, 2.05) is 26.0 Å². The average Bonchev–Trinajstić information content (AvgIpc) is 2.38. The lowest BCUT2D eigenvalue weighted by molar-refractivity contribution is 0.105. The van der Waals surface area contributed by atoms with E-state index in [-0.39, 0.29) is 6.09 Å². The highest BCUT2D eigenvalue weighted by Crippen LogP contribution is 2.21. The van der Waals surface area contributed by atoms with Crippen molar-refractivity contribution in [3.05, 3.63) is 23.8 Å². The molecule has 0 unspecified atom stereocenters. The predicted molar refractivity (Wildman–Crippen MR) is 76.4 cm³/mol. The van der Waals surface area contributed by atoms with Gasteiger partial charge in [0.2, 0.25) is 0 Å². The molecule has 1 fully saturated rings. The summed E-state index contributed by atoms with van der Waals surface area (Å²) in [4.78, 5) is 15.6. The number of anilines is 2. The zero-order valence-electron chi connectivity index (χ0n) is 11.6. The number of nitrogens with two attached hydrogens (primary N) is 1. The minimum Gasteiger partial charge on any atom is -0.450 e. The van der Waals surface area contributed by atoms with Gasteiger partial charge in [-0.25, -0.2) is 4.79 Å². The molecule has 0 atom stereocenters. The lowest BCUT2D eigenvalue weighted by Gasteiger charge is -2.35. The fourth-order valence-electron chi connectivity index (χ4n) is 2.34. The molecule has 0 radical (unpaired) electrons. The maximum Gasteiger partial charge on any atom is 0.409 e. The minimum absolute atomic E-state index is 0.217. The summed E-state index contributed by atoms with van der Waals surface area (Å²) in [6, 6.07) is 6.06. The SMILES string of the molecule is CCOC(=O)N1CCN(c2cc(C)cc(N)c2)CC1. The van der Waals surface area contributed by atoms with Crippen LogP contribution in [0.1, 0.15) is 12.5 Å². The number of carbonyl (C=O) groups is 1. The molecule has 0 spiro atoms. The minimum atomic E-state index is -0.217. The van der Waals surface area contributed by atoms with Gasteiger partial charge in [-0.2, -0.15) is 0 Å². The molecule has 1 aliphatic heterocycles. The highest BCUT2D eigenvalue weighted by atomic mass is 16.6. The second kappa shape index (κ2) is 5.82. The number of nitrogen functional groups attached to an aromatic ring is 1. The second-order valence-corrected chi connectivity index (χ2v) is 4.77. The number of rotatable bonds is 2. The molecule has 1 aliphatic rings. The normalized spacial score (nSPS) is 15.5. The topological polar surface area (TPSA) is 58.8 Å². The number of amides is 1. The third kappa shape index (κ3) is 3.30. The number of hydrogen-bond donors (Lipinski definition) is 1. The van der Waals surface area contributed by atoms with Crippen molar-refractivity contribution in [2.24, 2.45) is 0 Å². The third-order valence-corrected chi connectivity index (χ3v) is 3.26. The number of ether oxygens (including phenoxy) is 1. The van der Waals surface area contributed by atoms with Gasteiger partial charge in [-0.1, -0.05) is 0 Å². The fraction of sp³-hybridized carbons (Fsp3) is 0.500. The van der Waals surface area contributed by atoms with Crippen molar-refractivity contribution in [2.75, 3.05) is 43.4 Å². The molecule has 1 heterocycles. The molecule has 0 aromatic heterocycles. The Bertz CT molecular complexity index is 434. The van der Waals surface area contributed by atoms with Crippen LogP contribution in [0, 0.1) is 6.92 Å². The molecule has 2 rings (SSSR count). The van der Waals surface area contributed by atoms with E-state index in [1.54, 1.807) is 4.90 Å². The van der Waals surface area contributed by atoms with Crippen LogP contribution in [0.25, 0.3) is 0 Å². The highest BCUT2D eigenvalue weighted by molar-refractivity contribution is 5.68. The maximum absolute atomic E-state index is 11.6. The Hall–Kier alpha value is -1.91. The van der Waals surface area contributed by atoms with Crippen LogP contribution in [-0.4, -0.2) is 43.8 Å². The number of piperazine rings is 1. The van der Waals surface area contributed by atoms with E-state index in [9.17, 15) is 4.79 Å². The first-order valence-corrected chi connectivity index (χ1v) is 6.64. The molecule has 2 N–H and O–H groups in total. The second-order valence-electron chi connectivity index (χ2n) is 4.77. The van der Waals surface area contributed by atoms with Crippen LogP contribution in [-0.2, 0) is 4.74 Å². The van der Waals surface area contributed by atoms with Gasteiger partial charge in [-0.3, -0.25) is 0 Å². The molecule has 19 heavy (non-hydrogen) atoms. The number of carbonyl (C=O) groups excluding carboxylic acids is 1. The van der Waals surface area contributed by atoms with Gasteiger partial charge in [0.25, 0.3) is 0 Å². The van der Waals surface area contributed by atoms with Gasteiger partial charge in [-0.15, -0.1) is 0 Å². The molecule has 104 valence electrons. The van der Waals surface area contributed by atoms with Crippen LogP contribution in [0.5, 0.6) is 0 Å². The van der Waals surface area contributed by atoms with E-state index < -0.39 is 0 Å². The molecule has 1 aromatic rings. The van der Waals surface area contributed by atoms with Crippen molar-refractivity contribution in [3.8, 4) is 0 Å². The summed E-state index contributed by atoms with van der Waals surface area (Å²) in [6.45, 7) is 7.27. The quantitative estimate of drug-likeness (QED) is 0.827. The molecule has 0 saturated carbocycles. The molecule has 5 heteroatoms. The van der Waals surface area contributed by atoms with Crippen molar-refractivity contribution < 1.29 is 9.53 Å². The number of hydrogen-bond acceptors (Lipinski definition) is 4. The molecular weight excluding hydrogens is 242 g/mol. The van der Waals surface area contributed by atoms with Gasteiger partial charge in [0, 0.05) is 37.6 Å². The highest BCUT2D eigenvalue weighted by Gasteiger charge is 2.22. The Kier molecular flexibility index (Phi) is 4.14. The smallest absolute Gasteiger partial charge is 0.409 e. The summed E-state index contributed by atoms with van der Waals surface area (Å²) < 4.78 is 5.01. The molecular formula is C14H21N3O2. The van der Waals surface area contributed by atoms with E-state index >= 15 is 0 Å². The Labute approximate surface area is 113 Å². The lowest BCUT2D eigenvalue weighted by atomic mass is 10.1. The third-order valence-electron chi connectivity index (χ3n) is 3.26. The Morgan fingerprint density at radius 2 is 1.95 bits per heavy atom. The zero-order chi connectivity index (χ0) is 13.8. The summed E-state index contributed by atoms with van der Waals surface area (Å²) in [5.41, 5.74) is 8.93. The van der Waals surface area contributed by atoms with Crippen molar-refractivity contribution in [3.63, 3.8) is 0 Å². The molecule has 5 nitrogen and oxygen atoms in total. The Morgan fingerprint density at radius 3 is 2.53 bits per heavy atom. The molecule has 1 amide bonds. The summed E-state index contributed by atoms with van der Waals surface area (Å²) in [7, 11) is 0. The summed E-state index contributed by atoms with van der Waals surface area (Å²) in [6.07, 6.45) is -0.217. The van der Waals surface area contributed by atoms with Gasteiger partial charge in [0.05, 0.1) is 6.61 Å². The van der Waals surface area contributed by atoms with E-state index in [0.29, 0.717) is 19.7 Å². The number of benzene rings is 1. The van der Waals surface area contributed by atoms with E-state index in [4.69, 9.17) is 10.5 Å². The van der Waals surface area contributed by atoms with Crippen LogP contribution < -0.4 is 10.6 Å². The first-order chi connectivity index (χ1) is 9.10. The Balaban J connectivity index is 1.97. The summed E-state index contributed by atoms with van der Waals surface area (Å²) in [5.74, 6) is 0. The van der Waals surface area contributed by atoms with E-state index in [0.717, 1.165) is 30.0 Å². The van der Waals surface area contributed by atoms with Gasteiger partial charge in [0.15, 0.2) is 0 Å². The van der Waals surface area contributed by atoms with E-state index in [2.05, 4.69) is 11.0 Å². The van der Waals surface area contributed by atoms with Crippen molar-refractivity contribution >= 4 is 17.5 Å². The van der Waals surface area contributed by atoms with E-state index in [1.165, 1.54) is 0 Å². The van der Waals surface area contributed by atoms with Gasteiger partial charge >= 0.3 is 6.09 Å². The van der Waals surface area contributed by atoms with Crippen LogP contribution in [0.4, 0.5) is 16.2 Å². The molecule has 1 saturated heterocycles. The van der Waals surface area contributed by atoms with Gasteiger partial charge in [-0.05, 0) is 37.6 Å². The van der Waals surface area contributed by atoms with Crippen LogP contribution in [0.15, 0.2) is 18.2 Å². The maximum atomic E-state index is 11.6. The van der Waals surface area contributed by atoms with Crippen LogP contribution >= 0.6 is 0 Å². The van der Waals surface area contributed by atoms with Crippen molar-refractivity contribution in [2.45, 2.75) is 13.8 Å². The first-order valence-electron chi connectivity index (χ1n) is 6.64. The average molecular weight is 263 g/mol. The largest absolute Gasteiger partial charge is 0.450 e. The molecule has 1 aromatic carbocycles. The first kappa shape index (κ1) is 13.5. The lowest BCUT2D eigenvalue weighted by Crippen LogP contribution is -2.49.